The summed E-state index contributed by atoms with van der Waals surface area (Å²) in [6.07, 6.45) is 0.468. The van der Waals surface area contributed by atoms with Gasteiger partial charge in [-0.3, -0.25) is 9.69 Å². The first-order valence-electron chi connectivity index (χ1n) is 9.03. The third-order valence-corrected chi connectivity index (χ3v) is 4.63. The van der Waals surface area contributed by atoms with Crippen molar-refractivity contribution >= 4 is 11.6 Å². The van der Waals surface area contributed by atoms with Crippen molar-refractivity contribution in [3.8, 4) is 6.07 Å². The molecule has 3 rings (SSSR count). The number of nitriles is 1. The van der Waals surface area contributed by atoms with E-state index in [-0.39, 0.29) is 5.91 Å². The molecule has 0 aromatic heterocycles. The van der Waals surface area contributed by atoms with Crippen molar-refractivity contribution in [3.05, 3.63) is 65.7 Å². The molecule has 26 heavy (non-hydrogen) atoms. The fourth-order valence-corrected chi connectivity index (χ4v) is 3.17. The van der Waals surface area contributed by atoms with Crippen LogP contribution >= 0.6 is 0 Å². The summed E-state index contributed by atoms with van der Waals surface area (Å²) in [5.74, 6) is 0.188. The molecule has 0 aliphatic carbocycles. The van der Waals surface area contributed by atoms with Crippen LogP contribution in [0.25, 0.3) is 0 Å². The van der Waals surface area contributed by atoms with Crippen molar-refractivity contribution in [2.75, 3.05) is 38.0 Å². The van der Waals surface area contributed by atoms with Crippen LogP contribution in [-0.4, -0.2) is 48.4 Å². The summed E-state index contributed by atoms with van der Waals surface area (Å²) in [7, 11) is 0. The molecular weight excluding hydrogens is 324 g/mol. The fourth-order valence-electron chi connectivity index (χ4n) is 3.17. The van der Waals surface area contributed by atoms with Gasteiger partial charge in [-0.2, -0.15) is 5.26 Å². The minimum absolute atomic E-state index is 0.188. The lowest BCUT2D eigenvalue weighted by Crippen LogP contribution is -2.48. The second-order valence-electron chi connectivity index (χ2n) is 6.51. The van der Waals surface area contributed by atoms with E-state index in [9.17, 15) is 4.79 Å². The zero-order chi connectivity index (χ0) is 18.2. The van der Waals surface area contributed by atoms with Crippen LogP contribution in [0.4, 0.5) is 5.69 Å². The van der Waals surface area contributed by atoms with Gasteiger partial charge in [-0.25, -0.2) is 0 Å². The Bertz CT molecular complexity index is 761. The molecule has 0 spiro atoms. The van der Waals surface area contributed by atoms with E-state index < -0.39 is 0 Å². The molecule has 1 N–H and O–H groups in total. The molecule has 1 aliphatic rings. The van der Waals surface area contributed by atoms with Crippen LogP contribution in [0, 0.1) is 11.3 Å². The summed E-state index contributed by atoms with van der Waals surface area (Å²) in [5, 5.41) is 12.1. The number of hydrogen-bond acceptors (Lipinski definition) is 4. The molecule has 0 unspecified atom stereocenters. The van der Waals surface area contributed by atoms with Crippen LogP contribution in [-0.2, 0) is 11.3 Å². The Labute approximate surface area is 154 Å². The number of benzene rings is 2. The molecule has 0 radical (unpaired) electrons. The van der Waals surface area contributed by atoms with E-state index in [1.165, 1.54) is 5.56 Å². The van der Waals surface area contributed by atoms with Gasteiger partial charge in [0.1, 0.15) is 0 Å². The third kappa shape index (κ3) is 5.08. The lowest BCUT2D eigenvalue weighted by atomic mass is 10.2. The molecule has 1 heterocycles. The summed E-state index contributed by atoms with van der Waals surface area (Å²) in [4.78, 5) is 16.7. The van der Waals surface area contributed by atoms with Gasteiger partial charge in [-0.15, -0.1) is 0 Å². The second kappa shape index (κ2) is 9.02. The summed E-state index contributed by atoms with van der Waals surface area (Å²) in [5.41, 5.74) is 2.82. The largest absolute Gasteiger partial charge is 0.384 e. The van der Waals surface area contributed by atoms with Gasteiger partial charge in [0, 0.05) is 51.4 Å². The smallest absolute Gasteiger partial charge is 0.224 e. The average Bonchev–Trinajstić information content (AvgIpc) is 2.69. The van der Waals surface area contributed by atoms with E-state index >= 15 is 0 Å². The Hall–Kier alpha value is -2.84. The molecular formula is C21H24N4O. The summed E-state index contributed by atoms with van der Waals surface area (Å²) < 4.78 is 0. The summed E-state index contributed by atoms with van der Waals surface area (Å²) in [6.45, 7) is 4.93. The number of rotatable bonds is 6. The van der Waals surface area contributed by atoms with Gasteiger partial charge >= 0.3 is 0 Å². The topological polar surface area (TPSA) is 59.4 Å². The van der Waals surface area contributed by atoms with Crippen LogP contribution in [0.2, 0.25) is 0 Å². The maximum Gasteiger partial charge on any atom is 0.224 e. The summed E-state index contributed by atoms with van der Waals surface area (Å²) in [6, 6.07) is 19.9. The van der Waals surface area contributed by atoms with Crippen molar-refractivity contribution in [1.29, 1.82) is 5.26 Å². The van der Waals surface area contributed by atoms with Crippen LogP contribution < -0.4 is 5.32 Å². The Kier molecular flexibility index (Phi) is 6.24. The molecule has 1 saturated heterocycles. The molecule has 0 saturated carbocycles. The van der Waals surface area contributed by atoms with Gasteiger partial charge in [-0.1, -0.05) is 36.4 Å². The number of nitrogens with one attached hydrogen (secondary N) is 1. The summed E-state index contributed by atoms with van der Waals surface area (Å²) >= 11 is 0. The van der Waals surface area contributed by atoms with E-state index in [4.69, 9.17) is 5.26 Å². The molecule has 134 valence electrons. The number of nitrogens with zero attached hydrogens (tertiary/aromatic N) is 3. The lowest BCUT2D eigenvalue weighted by molar-refractivity contribution is -0.132. The molecule has 2 aromatic rings. The van der Waals surface area contributed by atoms with Gasteiger partial charge in [0.2, 0.25) is 5.91 Å². The highest BCUT2D eigenvalue weighted by atomic mass is 16.2. The predicted molar refractivity (Wildman–Crippen MR) is 103 cm³/mol. The van der Waals surface area contributed by atoms with Gasteiger partial charge in [0.25, 0.3) is 0 Å². The Balaban J connectivity index is 1.39. The maximum atomic E-state index is 12.4. The maximum absolute atomic E-state index is 12.4. The zero-order valence-electron chi connectivity index (χ0n) is 14.9. The first-order chi connectivity index (χ1) is 12.7. The highest BCUT2D eigenvalue weighted by molar-refractivity contribution is 5.76. The van der Waals surface area contributed by atoms with E-state index in [0.717, 1.165) is 38.4 Å². The predicted octanol–water partition coefficient (Wildman–Crippen LogP) is 2.70. The van der Waals surface area contributed by atoms with E-state index in [1.807, 2.05) is 23.1 Å². The molecule has 1 amide bonds. The monoisotopic (exact) mass is 348 g/mol. The minimum Gasteiger partial charge on any atom is -0.384 e. The lowest BCUT2D eigenvalue weighted by Gasteiger charge is -2.34. The highest BCUT2D eigenvalue weighted by Crippen LogP contribution is 2.11. The van der Waals surface area contributed by atoms with Crippen molar-refractivity contribution < 1.29 is 4.79 Å². The van der Waals surface area contributed by atoms with Crippen LogP contribution in [0.5, 0.6) is 0 Å². The standard InChI is InChI=1S/C21H24N4O/c22-16-19-7-4-8-20(15-19)23-10-9-21(26)25-13-11-24(12-14-25)17-18-5-2-1-3-6-18/h1-8,15,23H,9-14,17H2. The minimum atomic E-state index is 0.188. The van der Waals surface area contributed by atoms with Crippen molar-refractivity contribution in [1.82, 2.24) is 9.80 Å². The molecule has 5 nitrogen and oxygen atoms in total. The number of anilines is 1. The normalized spacial score (nSPS) is 14.7. The quantitative estimate of drug-likeness (QED) is 0.872. The van der Waals surface area contributed by atoms with Gasteiger partial charge in [0.05, 0.1) is 11.6 Å². The molecule has 1 aliphatic heterocycles. The number of carbonyl (C=O) groups excluding carboxylic acids is 1. The van der Waals surface area contributed by atoms with E-state index in [1.54, 1.807) is 12.1 Å². The Morgan fingerprint density at radius 3 is 2.54 bits per heavy atom. The average molecular weight is 348 g/mol. The number of amides is 1. The molecule has 5 heteroatoms. The van der Waals surface area contributed by atoms with Crippen LogP contribution in [0.15, 0.2) is 54.6 Å². The van der Waals surface area contributed by atoms with Gasteiger partial charge in [0.15, 0.2) is 0 Å². The van der Waals surface area contributed by atoms with Crippen molar-refractivity contribution in [3.63, 3.8) is 0 Å². The zero-order valence-corrected chi connectivity index (χ0v) is 14.9. The molecule has 2 aromatic carbocycles. The van der Waals surface area contributed by atoms with Crippen LogP contribution in [0.3, 0.4) is 0 Å². The second-order valence-corrected chi connectivity index (χ2v) is 6.51. The molecule has 0 atom stereocenters. The van der Waals surface area contributed by atoms with Crippen molar-refractivity contribution in [2.24, 2.45) is 0 Å². The number of hydrogen-bond donors (Lipinski definition) is 1. The first kappa shape index (κ1) is 18.0. The SMILES string of the molecule is N#Cc1cccc(NCCC(=O)N2CCN(Cc3ccccc3)CC2)c1. The van der Waals surface area contributed by atoms with E-state index in [2.05, 4.69) is 40.6 Å². The van der Waals surface area contributed by atoms with Crippen molar-refractivity contribution in [2.45, 2.75) is 13.0 Å². The number of carbonyl (C=O) groups is 1. The Morgan fingerprint density at radius 1 is 1.04 bits per heavy atom. The molecule has 0 bridgehead atoms. The fraction of sp³-hybridized carbons (Fsp3) is 0.333. The van der Waals surface area contributed by atoms with E-state index in [0.29, 0.717) is 18.5 Å². The highest BCUT2D eigenvalue weighted by Gasteiger charge is 2.20. The van der Waals surface area contributed by atoms with Crippen LogP contribution in [0.1, 0.15) is 17.5 Å². The number of piperazine rings is 1. The first-order valence-corrected chi connectivity index (χ1v) is 9.03. The molecule has 1 fully saturated rings. The Morgan fingerprint density at radius 2 is 1.81 bits per heavy atom. The third-order valence-electron chi connectivity index (χ3n) is 4.63. The van der Waals surface area contributed by atoms with Gasteiger partial charge < -0.3 is 10.2 Å². The van der Waals surface area contributed by atoms with Gasteiger partial charge in [-0.05, 0) is 23.8 Å².